The molecule has 0 unspecified atom stereocenters. The van der Waals surface area contributed by atoms with Gasteiger partial charge in [-0.05, 0) is 18.2 Å². The van der Waals surface area contributed by atoms with Crippen LogP contribution in [0.2, 0.25) is 0 Å². The van der Waals surface area contributed by atoms with E-state index in [0.29, 0.717) is 6.54 Å². The Labute approximate surface area is 128 Å². The lowest BCUT2D eigenvalue weighted by molar-refractivity contribution is -0.0421. The molecule has 1 fully saturated rings. The monoisotopic (exact) mass is 298 g/mol. The van der Waals surface area contributed by atoms with Crippen LogP contribution in [0.25, 0.3) is 11.1 Å². The first-order valence-electron chi connectivity index (χ1n) is 7.53. The highest BCUT2D eigenvalue weighted by Gasteiger charge is 2.22. The van der Waals surface area contributed by atoms with Crippen LogP contribution in [0.3, 0.4) is 0 Å². The largest absolute Gasteiger partial charge is 0.439 e. The molecule has 3 heterocycles. The molecular formula is C16H18N4O2. The van der Waals surface area contributed by atoms with E-state index in [1.54, 1.807) is 6.20 Å². The number of para-hydroxylation sites is 2. The summed E-state index contributed by atoms with van der Waals surface area (Å²) in [6.45, 7) is 3.98. The van der Waals surface area contributed by atoms with Crippen LogP contribution in [0.15, 0.2) is 47.1 Å². The highest BCUT2D eigenvalue weighted by Crippen LogP contribution is 2.17. The lowest BCUT2D eigenvalue weighted by Gasteiger charge is -2.31. The maximum absolute atomic E-state index is 5.82. The van der Waals surface area contributed by atoms with E-state index in [4.69, 9.17) is 9.15 Å². The fraction of sp³-hybridized carbons (Fsp3) is 0.375. The Morgan fingerprint density at radius 1 is 1.23 bits per heavy atom. The van der Waals surface area contributed by atoms with E-state index in [1.807, 2.05) is 41.2 Å². The summed E-state index contributed by atoms with van der Waals surface area (Å²) in [5, 5.41) is 4.24. The molecule has 6 heteroatoms. The maximum Gasteiger partial charge on any atom is 0.209 e. The summed E-state index contributed by atoms with van der Waals surface area (Å²) in [5.74, 6) is 0.765. The van der Waals surface area contributed by atoms with Gasteiger partial charge in [-0.25, -0.2) is 4.98 Å². The normalized spacial score (nSPS) is 19.7. The third-order valence-corrected chi connectivity index (χ3v) is 3.87. The minimum absolute atomic E-state index is 0.151. The van der Waals surface area contributed by atoms with Crippen LogP contribution in [0.4, 0.5) is 0 Å². The van der Waals surface area contributed by atoms with Crippen molar-refractivity contribution in [3.05, 3.63) is 48.6 Å². The molecule has 0 aliphatic carbocycles. The standard InChI is InChI=1S/C16H18N4O2/c1-2-5-15-14(4-1)18-16(22-15)12-19-8-9-21-13(10-19)11-20-7-3-6-17-20/h1-7,13H,8-12H2/t13-/m0/s1. The predicted octanol–water partition coefficient (Wildman–Crippen LogP) is 1.93. The zero-order valence-electron chi connectivity index (χ0n) is 12.3. The molecule has 22 heavy (non-hydrogen) atoms. The molecule has 1 saturated heterocycles. The van der Waals surface area contributed by atoms with Crippen molar-refractivity contribution in [3.63, 3.8) is 0 Å². The Hall–Kier alpha value is -2.18. The molecule has 1 aromatic carbocycles. The molecule has 0 amide bonds. The van der Waals surface area contributed by atoms with Gasteiger partial charge in [0.15, 0.2) is 5.58 Å². The van der Waals surface area contributed by atoms with Gasteiger partial charge in [-0.15, -0.1) is 0 Å². The van der Waals surface area contributed by atoms with Gasteiger partial charge in [-0.2, -0.15) is 5.10 Å². The molecule has 0 saturated carbocycles. The molecule has 4 rings (SSSR count). The van der Waals surface area contributed by atoms with Crippen LogP contribution in [0, 0.1) is 0 Å². The summed E-state index contributed by atoms with van der Waals surface area (Å²) in [6, 6.07) is 9.79. The van der Waals surface area contributed by atoms with Crippen LogP contribution < -0.4 is 0 Å². The van der Waals surface area contributed by atoms with E-state index in [-0.39, 0.29) is 6.10 Å². The lowest BCUT2D eigenvalue weighted by atomic mass is 10.2. The van der Waals surface area contributed by atoms with Crippen molar-refractivity contribution in [1.29, 1.82) is 0 Å². The summed E-state index contributed by atoms with van der Waals surface area (Å²) in [5.41, 5.74) is 1.76. The van der Waals surface area contributed by atoms with Crippen molar-refractivity contribution >= 4 is 11.1 Å². The van der Waals surface area contributed by atoms with Gasteiger partial charge in [0.1, 0.15) is 5.52 Å². The molecule has 1 atom stereocenters. The summed E-state index contributed by atoms with van der Waals surface area (Å²) < 4.78 is 13.5. The zero-order chi connectivity index (χ0) is 14.8. The molecular weight excluding hydrogens is 280 g/mol. The third kappa shape index (κ3) is 2.88. The van der Waals surface area contributed by atoms with Gasteiger partial charge in [0.05, 0.1) is 25.8 Å². The highest BCUT2D eigenvalue weighted by molar-refractivity contribution is 5.72. The van der Waals surface area contributed by atoms with Crippen LogP contribution in [0.1, 0.15) is 5.89 Å². The molecule has 0 spiro atoms. The second kappa shape index (κ2) is 5.90. The van der Waals surface area contributed by atoms with E-state index in [1.165, 1.54) is 0 Å². The number of nitrogens with zero attached hydrogens (tertiary/aromatic N) is 4. The van der Waals surface area contributed by atoms with Crippen molar-refractivity contribution < 1.29 is 9.15 Å². The highest BCUT2D eigenvalue weighted by atomic mass is 16.5. The van der Waals surface area contributed by atoms with Crippen LogP contribution in [-0.4, -0.2) is 45.5 Å². The quantitative estimate of drug-likeness (QED) is 0.736. The molecule has 0 radical (unpaired) electrons. The summed E-state index contributed by atoms with van der Waals surface area (Å²) in [6.07, 6.45) is 3.90. The van der Waals surface area contributed by atoms with Crippen molar-refractivity contribution in [2.45, 2.75) is 19.2 Å². The Kier molecular flexibility index (Phi) is 3.62. The third-order valence-electron chi connectivity index (χ3n) is 3.87. The first-order chi connectivity index (χ1) is 10.9. The fourth-order valence-corrected chi connectivity index (χ4v) is 2.83. The van der Waals surface area contributed by atoms with Gasteiger partial charge in [0, 0.05) is 25.5 Å². The molecule has 0 N–H and O–H groups in total. The molecule has 1 aliphatic heterocycles. The number of aromatic nitrogens is 3. The second-order valence-electron chi connectivity index (χ2n) is 5.53. The molecule has 114 valence electrons. The van der Waals surface area contributed by atoms with Crippen molar-refractivity contribution in [2.24, 2.45) is 0 Å². The van der Waals surface area contributed by atoms with Crippen LogP contribution in [-0.2, 0) is 17.8 Å². The van der Waals surface area contributed by atoms with Gasteiger partial charge in [0.25, 0.3) is 0 Å². The average Bonchev–Trinajstić information content (AvgIpc) is 3.16. The number of fused-ring (bicyclic) bond motifs is 1. The zero-order valence-corrected chi connectivity index (χ0v) is 12.3. The lowest BCUT2D eigenvalue weighted by Crippen LogP contribution is -2.43. The number of oxazole rings is 1. The van der Waals surface area contributed by atoms with Crippen molar-refractivity contribution in [2.75, 3.05) is 19.7 Å². The number of rotatable bonds is 4. The summed E-state index contributed by atoms with van der Waals surface area (Å²) >= 11 is 0. The SMILES string of the molecule is c1ccc2oc(CN3CCO[C@H](Cn4cccn4)C3)nc2c1. The Morgan fingerprint density at radius 2 is 2.18 bits per heavy atom. The topological polar surface area (TPSA) is 56.3 Å². The number of benzene rings is 1. The molecule has 3 aromatic rings. The van der Waals surface area contributed by atoms with Crippen LogP contribution >= 0.6 is 0 Å². The Morgan fingerprint density at radius 3 is 3.05 bits per heavy atom. The Bertz CT molecular complexity index is 705. The van der Waals surface area contributed by atoms with Gasteiger partial charge in [-0.1, -0.05) is 12.1 Å². The minimum Gasteiger partial charge on any atom is -0.439 e. The van der Waals surface area contributed by atoms with E-state index in [2.05, 4.69) is 15.0 Å². The number of morpholine rings is 1. The maximum atomic E-state index is 5.82. The summed E-state index contributed by atoms with van der Waals surface area (Å²) in [7, 11) is 0. The molecule has 2 aromatic heterocycles. The van der Waals surface area contributed by atoms with Gasteiger partial charge in [0.2, 0.25) is 5.89 Å². The number of ether oxygens (including phenoxy) is 1. The van der Waals surface area contributed by atoms with E-state index >= 15 is 0 Å². The van der Waals surface area contributed by atoms with Gasteiger partial charge in [-0.3, -0.25) is 9.58 Å². The van der Waals surface area contributed by atoms with Crippen molar-refractivity contribution in [3.8, 4) is 0 Å². The number of hydrogen-bond acceptors (Lipinski definition) is 5. The fourth-order valence-electron chi connectivity index (χ4n) is 2.83. The minimum atomic E-state index is 0.151. The second-order valence-corrected chi connectivity index (χ2v) is 5.53. The van der Waals surface area contributed by atoms with E-state index in [0.717, 1.165) is 43.2 Å². The predicted molar refractivity (Wildman–Crippen MR) is 81.3 cm³/mol. The molecule has 6 nitrogen and oxygen atoms in total. The van der Waals surface area contributed by atoms with E-state index in [9.17, 15) is 0 Å². The molecule has 0 bridgehead atoms. The Balaban J connectivity index is 1.41. The van der Waals surface area contributed by atoms with Crippen LogP contribution in [0.5, 0.6) is 0 Å². The first-order valence-corrected chi connectivity index (χ1v) is 7.53. The van der Waals surface area contributed by atoms with Crippen molar-refractivity contribution in [1.82, 2.24) is 19.7 Å². The average molecular weight is 298 g/mol. The van der Waals surface area contributed by atoms with Gasteiger partial charge >= 0.3 is 0 Å². The smallest absolute Gasteiger partial charge is 0.209 e. The number of hydrogen-bond donors (Lipinski definition) is 0. The van der Waals surface area contributed by atoms with E-state index < -0.39 is 0 Å². The first kappa shape index (κ1) is 13.5. The van der Waals surface area contributed by atoms with Gasteiger partial charge < -0.3 is 9.15 Å². The molecule has 1 aliphatic rings. The summed E-state index contributed by atoms with van der Waals surface area (Å²) in [4.78, 5) is 6.86.